The Labute approximate surface area is 112 Å². The molecule has 0 saturated heterocycles. The topological polar surface area (TPSA) is 68.6 Å². The van der Waals surface area contributed by atoms with Crippen LogP contribution in [0.2, 0.25) is 0 Å². The fraction of sp³-hybridized carbons (Fsp3) is 0.333. The number of ether oxygens (including phenoxy) is 3. The summed E-state index contributed by atoms with van der Waals surface area (Å²) >= 11 is 0. The summed E-state index contributed by atoms with van der Waals surface area (Å²) in [6.07, 6.45) is -4.99. The third kappa shape index (κ3) is 3.78. The largest absolute Gasteiger partial charge is 0.573 e. The zero-order valence-electron chi connectivity index (χ0n) is 10.6. The highest BCUT2D eigenvalue weighted by molar-refractivity contribution is 5.93. The van der Waals surface area contributed by atoms with Gasteiger partial charge in [0.25, 0.3) is 0 Å². The lowest BCUT2D eigenvalue weighted by atomic mass is 10.1. The number of rotatable bonds is 4. The maximum Gasteiger partial charge on any atom is 0.573 e. The van der Waals surface area contributed by atoms with Crippen molar-refractivity contribution in [3.8, 4) is 17.6 Å². The first-order valence-corrected chi connectivity index (χ1v) is 5.37. The van der Waals surface area contributed by atoms with E-state index in [0.717, 1.165) is 12.1 Å². The van der Waals surface area contributed by atoms with Gasteiger partial charge < -0.3 is 14.2 Å². The molecule has 0 N–H and O–H groups in total. The van der Waals surface area contributed by atoms with Crippen LogP contribution in [0.4, 0.5) is 13.2 Å². The predicted molar refractivity (Wildman–Crippen MR) is 60.3 cm³/mol. The normalized spacial score (nSPS) is 10.6. The molecule has 0 aliphatic carbocycles. The average Bonchev–Trinajstić information content (AvgIpc) is 2.36. The number of benzene rings is 1. The fourth-order valence-electron chi connectivity index (χ4n) is 1.39. The van der Waals surface area contributed by atoms with E-state index in [2.05, 4.69) is 9.47 Å². The minimum atomic E-state index is -4.99. The van der Waals surface area contributed by atoms with Crippen molar-refractivity contribution in [3.63, 3.8) is 0 Å². The lowest BCUT2D eigenvalue weighted by Gasteiger charge is -2.14. The molecule has 0 unspecified atom stereocenters. The first-order chi connectivity index (χ1) is 9.32. The smallest absolute Gasteiger partial charge is 0.495 e. The molecule has 108 valence electrons. The number of nitrogens with zero attached hydrogens (tertiary/aromatic N) is 1. The Kier molecular flexibility index (Phi) is 4.80. The van der Waals surface area contributed by atoms with E-state index >= 15 is 0 Å². The number of halogens is 3. The summed E-state index contributed by atoms with van der Waals surface area (Å²) < 4.78 is 50.1. The van der Waals surface area contributed by atoms with E-state index in [4.69, 9.17) is 10.00 Å². The summed E-state index contributed by atoms with van der Waals surface area (Å²) in [7, 11) is 1.18. The van der Waals surface area contributed by atoms with Crippen LogP contribution in [0.3, 0.4) is 0 Å². The van der Waals surface area contributed by atoms with Crippen LogP contribution in [0.25, 0.3) is 0 Å². The molecule has 0 bridgehead atoms. The summed E-state index contributed by atoms with van der Waals surface area (Å²) in [5, 5.41) is 8.86. The molecule has 0 radical (unpaired) electrons. The molecular formula is C12H10F3NO4. The van der Waals surface area contributed by atoms with Crippen LogP contribution < -0.4 is 9.47 Å². The van der Waals surface area contributed by atoms with Gasteiger partial charge in [0.2, 0.25) is 0 Å². The highest BCUT2D eigenvalue weighted by Gasteiger charge is 2.34. The maximum atomic E-state index is 12.3. The molecule has 5 nitrogen and oxygen atoms in total. The summed E-state index contributed by atoms with van der Waals surface area (Å²) in [5.41, 5.74) is -0.605. The van der Waals surface area contributed by atoms with Gasteiger partial charge in [0, 0.05) is 6.07 Å². The van der Waals surface area contributed by atoms with Crippen molar-refractivity contribution in [1.29, 1.82) is 5.26 Å². The van der Waals surface area contributed by atoms with E-state index in [-0.39, 0.29) is 17.9 Å². The number of hydrogen-bond acceptors (Lipinski definition) is 5. The van der Waals surface area contributed by atoms with Crippen LogP contribution in [0.15, 0.2) is 12.1 Å². The van der Waals surface area contributed by atoms with Gasteiger partial charge in [-0.05, 0) is 13.0 Å². The Balaban J connectivity index is 3.37. The third-order valence-corrected chi connectivity index (χ3v) is 2.14. The van der Waals surface area contributed by atoms with Crippen LogP contribution in [0.5, 0.6) is 11.5 Å². The number of carbonyl (C=O) groups excluding carboxylic acids is 1. The zero-order valence-corrected chi connectivity index (χ0v) is 10.6. The van der Waals surface area contributed by atoms with Crippen LogP contribution in [-0.2, 0) is 4.74 Å². The minimum Gasteiger partial charge on any atom is -0.495 e. The van der Waals surface area contributed by atoms with Gasteiger partial charge in [-0.15, -0.1) is 13.2 Å². The number of nitriles is 1. The van der Waals surface area contributed by atoms with Gasteiger partial charge in [0.1, 0.15) is 23.1 Å². The quantitative estimate of drug-likeness (QED) is 0.797. The highest BCUT2D eigenvalue weighted by atomic mass is 19.4. The number of methoxy groups -OCH3 is 1. The summed E-state index contributed by atoms with van der Waals surface area (Å²) in [5.74, 6) is -1.95. The standard InChI is InChI=1S/C12H10F3NO4/c1-3-19-11(17)8-4-7(6-16)9(18-2)5-10(8)20-12(13,14)15/h4-5H,3H2,1-2H3. The number of carbonyl (C=O) groups is 1. The van der Waals surface area contributed by atoms with E-state index in [0.29, 0.717) is 0 Å². The first-order valence-electron chi connectivity index (χ1n) is 5.37. The summed E-state index contributed by atoms with van der Waals surface area (Å²) in [6.45, 7) is 1.47. The molecule has 0 aromatic heterocycles. The Morgan fingerprint density at radius 1 is 1.35 bits per heavy atom. The van der Waals surface area contributed by atoms with E-state index in [1.54, 1.807) is 6.07 Å². The average molecular weight is 289 g/mol. The van der Waals surface area contributed by atoms with Gasteiger partial charge in [0.15, 0.2) is 0 Å². The van der Waals surface area contributed by atoms with Gasteiger partial charge in [-0.3, -0.25) is 0 Å². The fourth-order valence-corrected chi connectivity index (χ4v) is 1.39. The minimum absolute atomic E-state index is 0.0296. The zero-order chi connectivity index (χ0) is 15.3. The molecule has 1 aromatic rings. The van der Waals surface area contributed by atoms with Crippen molar-refractivity contribution < 1.29 is 32.2 Å². The summed E-state index contributed by atoms with van der Waals surface area (Å²) in [6, 6.07) is 3.45. The van der Waals surface area contributed by atoms with Crippen molar-refractivity contribution in [2.75, 3.05) is 13.7 Å². The number of hydrogen-bond donors (Lipinski definition) is 0. The number of esters is 1. The molecule has 0 aliphatic rings. The van der Waals surface area contributed by atoms with Crippen molar-refractivity contribution in [3.05, 3.63) is 23.3 Å². The van der Waals surface area contributed by atoms with Crippen LogP contribution in [-0.4, -0.2) is 26.0 Å². The molecule has 0 amide bonds. The van der Waals surface area contributed by atoms with Crippen LogP contribution in [0, 0.1) is 11.3 Å². The van der Waals surface area contributed by atoms with E-state index in [1.807, 2.05) is 0 Å². The number of alkyl halides is 3. The second-order valence-corrected chi connectivity index (χ2v) is 3.43. The molecule has 20 heavy (non-hydrogen) atoms. The van der Waals surface area contributed by atoms with Crippen molar-refractivity contribution in [2.24, 2.45) is 0 Å². The van der Waals surface area contributed by atoms with E-state index in [1.165, 1.54) is 14.0 Å². The van der Waals surface area contributed by atoms with Gasteiger partial charge in [-0.2, -0.15) is 5.26 Å². The van der Waals surface area contributed by atoms with Crippen molar-refractivity contribution in [2.45, 2.75) is 13.3 Å². The molecule has 0 fully saturated rings. The van der Waals surface area contributed by atoms with E-state index in [9.17, 15) is 18.0 Å². The summed E-state index contributed by atoms with van der Waals surface area (Å²) in [4.78, 5) is 11.6. The van der Waals surface area contributed by atoms with Gasteiger partial charge >= 0.3 is 12.3 Å². The Hall–Kier alpha value is -2.43. The molecule has 1 rings (SSSR count). The van der Waals surface area contributed by atoms with E-state index < -0.39 is 23.6 Å². The second kappa shape index (κ2) is 6.14. The van der Waals surface area contributed by atoms with Gasteiger partial charge in [0.05, 0.1) is 19.3 Å². The first kappa shape index (κ1) is 15.6. The SMILES string of the molecule is CCOC(=O)c1cc(C#N)c(OC)cc1OC(F)(F)F. The lowest BCUT2D eigenvalue weighted by molar-refractivity contribution is -0.274. The van der Waals surface area contributed by atoms with Gasteiger partial charge in [-0.1, -0.05) is 0 Å². The Morgan fingerprint density at radius 3 is 2.45 bits per heavy atom. The molecule has 0 aliphatic heterocycles. The molecule has 0 heterocycles. The monoisotopic (exact) mass is 289 g/mol. The van der Waals surface area contributed by atoms with Crippen LogP contribution in [0.1, 0.15) is 22.8 Å². The molecule has 0 saturated carbocycles. The molecule has 0 atom stereocenters. The molecular weight excluding hydrogens is 279 g/mol. The Morgan fingerprint density at radius 2 is 2.00 bits per heavy atom. The third-order valence-electron chi connectivity index (χ3n) is 2.14. The van der Waals surface area contributed by atoms with Crippen molar-refractivity contribution >= 4 is 5.97 Å². The highest BCUT2D eigenvalue weighted by Crippen LogP contribution is 2.33. The lowest BCUT2D eigenvalue weighted by Crippen LogP contribution is -2.20. The second-order valence-electron chi connectivity index (χ2n) is 3.43. The molecule has 1 aromatic carbocycles. The molecule has 0 spiro atoms. The van der Waals surface area contributed by atoms with Crippen molar-refractivity contribution in [1.82, 2.24) is 0 Å². The van der Waals surface area contributed by atoms with Gasteiger partial charge in [-0.25, -0.2) is 4.79 Å². The Bertz CT molecular complexity index is 549. The van der Waals surface area contributed by atoms with Crippen LogP contribution >= 0.6 is 0 Å². The molecule has 8 heteroatoms. The predicted octanol–water partition coefficient (Wildman–Crippen LogP) is 2.64. The maximum absolute atomic E-state index is 12.3.